The van der Waals surface area contributed by atoms with E-state index in [1.54, 1.807) is 14.0 Å². The number of carbonyl (C=O) groups excluding carboxylic acids is 1. The van der Waals surface area contributed by atoms with E-state index in [1.165, 1.54) is 0 Å². The fourth-order valence-corrected chi connectivity index (χ4v) is 2.09. The summed E-state index contributed by atoms with van der Waals surface area (Å²) in [6.45, 7) is 3.87. The summed E-state index contributed by atoms with van der Waals surface area (Å²) in [7, 11) is 1.76. The molecule has 0 heterocycles. The van der Waals surface area contributed by atoms with Crippen molar-refractivity contribution in [2.75, 3.05) is 7.11 Å². The van der Waals surface area contributed by atoms with Crippen LogP contribution in [0.2, 0.25) is 0 Å². The minimum Gasteiger partial charge on any atom is -0.381 e. The summed E-state index contributed by atoms with van der Waals surface area (Å²) in [6.07, 6.45) is 3.44. The lowest BCUT2D eigenvalue weighted by Crippen LogP contribution is -2.31. The zero-order chi connectivity index (χ0) is 9.14. The van der Waals surface area contributed by atoms with Crippen molar-refractivity contribution in [3.05, 3.63) is 0 Å². The monoisotopic (exact) mass is 170 g/mol. The van der Waals surface area contributed by atoms with Crippen LogP contribution in [0, 0.1) is 11.8 Å². The van der Waals surface area contributed by atoms with Gasteiger partial charge in [-0.3, -0.25) is 4.79 Å². The van der Waals surface area contributed by atoms with Crippen LogP contribution in [0.5, 0.6) is 0 Å². The van der Waals surface area contributed by atoms with Gasteiger partial charge in [0.1, 0.15) is 5.78 Å². The highest BCUT2D eigenvalue weighted by atomic mass is 16.5. The quantitative estimate of drug-likeness (QED) is 0.633. The molecule has 2 heteroatoms. The van der Waals surface area contributed by atoms with Crippen molar-refractivity contribution in [1.29, 1.82) is 0 Å². The predicted molar refractivity (Wildman–Crippen MR) is 48.0 cm³/mol. The smallest absolute Gasteiger partial charge is 0.132 e. The Hall–Kier alpha value is -0.370. The predicted octanol–water partition coefficient (Wildman–Crippen LogP) is 2.03. The van der Waals surface area contributed by atoms with Gasteiger partial charge in [0.2, 0.25) is 0 Å². The Morgan fingerprint density at radius 2 is 2.08 bits per heavy atom. The van der Waals surface area contributed by atoms with E-state index >= 15 is 0 Å². The van der Waals surface area contributed by atoms with Gasteiger partial charge in [-0.25, -0.2) is 0 Å². The number of rotatable bonds is 2. The Balaban J connectivity index is 2.46. The van der Waals surface area contributed by atoms with Crippen LogP contribution in [-0.4, -0.2) is 19.0 Å². The number of ether oxygens (including phenoxy) is 1. The van der Waals surface area contributed by atoms with Gasteiger partial charge in [0, 0.05) is 13.0 Å². The van der Waals surface area contributed by atoms with E-state index in [2.05, 4.69) is 6.92 Å². The largest absolute Gasteiger partial charge is 0.381 e. The maximum Gasteiger partial charge on any atom is 0.132 e. The van der Waals surface area contributed by atoms with Crippen molar-refractivity contribution in [1.82, 2.24) is 0 Å². The molecule has 0 aliphatic heterocycles. The maximum atomic E-state index is 11.1. The molecule has 0 radical (unpaired) electrons. The molecule has 0 N–H and O–H groups in total. The first-order valence-corrected chi connectivity index (χ1v) is 4.68. The van der Waals surface area contributed by atoms with Crippen molar-refractivity contribution < 1.29 is 9.53 Å². The highest BCUT2D eigenvalue weighted by Gasteiger charge is 2.29. The third kappa shape index (κ3) is 2.07. The zero-order valence-electron chi connectivity index (χ0n) is 8.17. The Kier molecular flexibility index (Phi) is 3.27. The second-order valence-electron chi connectivity index (χ2n) is 3.87. The molecule has 0 spiro atoms. The van der Waals surface area contributed by atoms with Gasteiger partial charge in [0.25, 0.3) is 0 Å². The van der Waals surface area contributed by atoms with E-state index in [0.29, 0.717) is 23.7 Å². The summed E-state index contributed by atoms with van der Waals surface area (Å²) < 4.78 is 5.32. The minimum absolute atomic E-state index is 0.298. The van der Waals surface area contributed by atoms with Gasteiger partial charge in [-0.1, -0.05) is 6.92 Å². The van der Waals surface area contributed by atoms with Crippen LogP contribution in [-0.2, 0) is 9.53 Å². The zero-order valence-corrected chi connectivity index (χ0v) is 8.17. The maximum absolute atomic E-state index is 11.1. The summed E-state index contributed by atoms with van der Waals surface area (Å²) in [6, 6.07) is 0. The van der Waals surface area contributed by atoms with Gasteiger partial charge in [-0.15, -0.1) is 0 Å². The van der Waals surface area contributed by atoms with E-state index < -0.39 is 0 Å². The average Bonchev–Trinajstić information content (AvgIpc) is 2.04. The average molecular weight is 170 g/mol. The number of hydrogen-bond acceptors (Lipinski definition) is 2. The summed E-state index contributed by atoms with van der Waals surface area (Å²) in [5.41, 5.74) is 0. The molecule has 2 nitrogen and oxygen atoms in total. The first-order chi connectivity index (χ1) is 5.65. The molecule has 1 aliphatic rings. The number of hydrogen-bond donors (Lipinski definition) is 0. The van der Waals surface area contributed by atoms with E-state index in [-0.39, 0.29) is 0 Å². The summed E-state index contributed by atoms with van der Waals surface area (Å²) >= 11 is 0. The number of methoxy groups -OCH3 is 1. The third-order valence-corrected chi connectivity index (χ3v) is 2.97. The van der Waals surface area contributed by atoms with Crippen LogP contribution in [0.1, 0.15) is 33.1 Å². The first-order valence-electron chi connectivity index (χ1n) is 4.68. The SMILES string of the molecule is COC1CCC(C(C)=O)CC1C. The molecule has 1 rings (SSSR count). The molecule has 3 atom stereocenters. The summed E-state index contributed by atoms with van der Waals surface area (Å²) in [5, 5.41) is 0. The van der Waals surface area contributed by atoms with Crippen LogP contribution in [0.25, 0.3) is 0 Å². The standard InChI is InChI=1S/C10H18O2/c1-7-6-9(8(2)11)4-5-10(7)12-3/h7,9-10H,4-6H2,1-3H3. The highest BCUT2D eigenvalue weighted by Crippen LogP contribution is 2.30. The Morgan fingerprint density at radius 3 is 2.50 bits per heavy atom. The molecule has 1 aliphatic carbocycles. The van der Waals surface area contributed by atoms with Gasteiger partial charge < -0.3 is 4.74 Å². The van der Waals surface area contributed by atoms with Crippen molar-refractivity contribution in [3.8, 4) is 0 Å². The summed E-state index contributed by atoms with van der Waals surface area (Å²) in [4.78, 5) is 11.1. The lowest BCUT2D eigenvalue weighted by atomic mass is 9.79. The summed E-state index contributed by atoms with van der Waals surface area (Å²) in [5.74, 6) is 1.18. The Labute approximate surface area is 74.3 Å². The van der Waals surface area contributed by atoms with Crippen LogP contribution < -0.4 is 0 Å². The molecule has 0 saturated heterocycles. The highest BCUT2D eigenvalue weighted by molar-refractivity contribution is 5.78. The van der Waals surface area contributed by atoms with Crippen molar-refractivity contribution in [2.45, 2.75) is 39.2 Å². The first kappa shape index (κ1) is 9.72. The number of Topliss-reactive ketones (excluding diaryl/α,β-unsaturated/α-hetero) is 1. The molecule has 0 bridgehead atoms. The van der Waals surface area contributed by atoms with E-state index in [0.717, 1.165) is 19.3 Å². The van der Waals surface area contributed by atoms with E-state index in [4.69, 9.17) is 4.74 Å². The van der Waals surface area contributed by atoms with Crippen LogP contribution >= 0.6 is 0 Å². The molecular formula is C10H18O2. The normalized spacial score (nSPS) is 36.4. The third-order valence-electron chi connectivity index (χ3n) is 2.97. The van der Waals surface area contributed by atoms with Gasteiger partial charge in [-0.2, -0.15) is 0 Å². The number of carbonyl (C=O) groups is 1. The van der Waals surface area contributed by atoms with Gasteiger partial charge in [0.15, 0.2) is 0 Å². The molecule has 1 saturated carbocycles. The van der Waals surface area contributed by atoms with Gasteiger partial charge >= 0.3 is 0 Å². The fraction of sp³-hybridized carbons (Fsp3) is 0.900. The van der Waals surface area contributed by atoms with Crippen molar-refractivity contribution in [2.24, 2.45) is 11.8 Å². The molecule has 3 unspecified atom stereocenters. The molecular weight excluding hydrogens is 152 g/mol. The van der Waals surface area contributed by atoms with Gasteiger partial charge in [0.05, 0.1) is 6.10 Å². The molecule has 0 aromatic carbocycles. The van der Waals surface area contributed by atoms with Crippen LogP contribution in [0.15, 0.2) is 0 Å². The Bertz CT molecular complexity index is 165. The van der Waals surface area contributed by atoms with Crippen molar-refractivity contribution in [3.63, 3.8) is 0 Å². The minimum atomic E-state index is 0.298. The molecule has 70 valence electrons. The molecule has 0 aromatic rings. The molecule has 0 aromatic heterocycles. The molecule has 1 fully saturated rings. The van der Waals surface area contributed by atoms with E-state index in [9.17, 15) is 4.79 Å². The van der Waals surface area contributed by atoms with Crippen molar-refractivity contribution >= 4 is 5.78 Å². The molecule has 0 amide bonds. The lowest BCUT2D eigenvalue weighted by Gasteiger charge is -2.31. The van der Waals surface area contributed by atoms with Crippen LogP contribution in [0.3, 0.4) is 0 Å². The topological polar surface area (TPSA) is 26.3 Å². The second kappa shape index (κ2) is 4.04. The molecule has 12 heavy (non-hydrogen) atoms. The fourth-order valence-electron chi connectivity index (χ4n) is 2.09. The Morgan fingerprint density at radius 1 is 1.42 bits per heavy atom. The lowest BCUT2D eigenvalue weighted by molar-refractivity contribution is -0.123. The number of ketones is 1. The second-order valence-corrected chi connectivity index (χ2v) is 3.87. The van der Waals surface area contributed by atoms with Gasteiger partial charge in [-0.05, 0) is 32.1 Å². The van der Waals surface area contributed by atoms with E-state index in [1.807, 2.05) is 0 Å². The van der Waals surface area contributed by atoms with Crippen LogP contribution in [0.4, 0.5) is 0 Å².